The van der Waals surface area contributed by atoms with Crippen molar-refractivity contribution in [2.45, 2.75) is 150 Å². The fourth-order valence-electron chi connectivity index (χ4n) is 11.0. The minimum atomic E-state index is -0.190. The molecule has 1 heteroatoms. The van der Waals surface area contributed by atoms with Gasteiger partial charge in [0.05, 0.1) is 0 Å². The lowest BCUT2D eigenvalue weighted by molar-refractivity contribution is 0.584. The molecule has 0 saturated carbocycles. The van der Waals surface area contributed by atoms with Crippen LogP contribution >= 0.6 is 0 Å². The molecule has 2 aliphatic carbocycles. The molecule has 1 nitrogen and oxygen atoms in total. The Labute approximate surface area is 398 Å². The summed E-state index contributed by atoms with van der Waals surface area (Å²) in [4.78, 5) is 2.48. The van der Waals surface area contributed by atoms with Crippen molar-refractivity contribution in [2.24, 2.45) is 0 Å². The number of fused-ring (bicyclic) bond motifs is 6. The van der Waals surface area contributed by atoms with E-state index in [4.69, 9.17) is 0 Å². The van der Waals surface area contributed by atoms with Gasteiger partial charge in [-0.15, -0.1) is 0 Å². The van der Waals surface area contributed by atoms with Crippen molar-refractivity contribution >= 4 is 17.1 Å². The number of anilines is 3. The van der Waals surface area contributed by atoms with Crippen molar-refractivity contribution < 1.29 is 0 Å². The zero-order valence-corrected chi connectivity index (χ0v) is 43.1. The van der Waals surface area contributed by atoms with Gasteiger partial charge in [-0.1, -0.05) is 201 Å². The zero-order valence-electron chi connectivity index (χ0n) is 43.1. The Kier molecular flexibility index (Phi) is 10.5. The quantitative estimate of drug-likeness (QED) is 0.167. The summed E-state index contributed by atoms with van der Waals surface area (Å²) >= 11 is 0. The highest BCUT2D eigenvalue weighted by atomic mass is 15.1. The predicted molar refractivity (Wildman–Crippen MR) is 287 cm³/mol. The maximum atomic E-state index is 2.54. The van der Waals surface area contributed by atoms with Crippen molar-refractivity contribution in [3.8, 4) is 44.5 Å². The lowest BCUT2D eigenvalue weighted by atomic mass is 9.75. The van der Waals surface area contributed by atoms with E-state index in [0.717, 1.165) is 17.1 Å². The number of hydrogen-bond donors (Lipinski definition) is 0. The molecule has 0 aliphatic heterocycles. The van der Waals surface area contributed by atoms with Crippen molar-refractivity contribution in [1.29, 1.82) is 0 Å². The summed E-state index contributed by atoms with van der Waals surface area (Å²) < 4.78 is 0. The predicted octanol–water partition coefficient (Wildman–Crippen LogP) is 18.6. The van der Waals surface area contributed by atoms with Crippen molar-refractivity contribution in [3.63, 3.8) is 0 Å². The topological polar surface area (TPSA) is 3.24 Å². The average molecular weight is 868 g/mol. The van der Waals surface area contributed by atoms with Gasteiger partial charge in [0.1, 0.15) is 0 Å². The molecule has 0 spiro atoms. The van der Waals surface area contributed by atoms with Gasteiger partial charge in [0.15, 0.2) is 0 Å². The maximum absolute atomic E-state index is 2.54. The van der Waals surface area contributed by atoms with E-state index in [2.05, 4.69) is 256 Å². The molecule has 66 heavy (non-hydrogen) atoms. The van der Waals surface area contributed by atoms with Gasteiger partial charge in [-0.3, -0.25) is 0 Å². The first-order valence-electron chi connectivity index (χ1n) is 24.4. The molecule has 7 aromatic rings. The zero-order chi connectivity index (χ0) is 47.7. The fraction of sp³-hybridized carbons (Fsp3) is 0.354. The van der Waals surface area contributed by atoms with Crippen LogP contribution in [0.25, 0.3) is 44.5 Å². The second-order valence-corrected chi connectivity index (χ2v) is 24.9. The normalized spacial score (nSPS) is 15.0. The molecule has 0 fully saturated rings. The Hall–Kier alpha value is -5.66. The van der Waals surface area contributed by atoms with Gasteiger partial charge >= 0.3 is 0 Å². The summed E-state index contributed by atoms with van der Waals surface area (Å²) in [6, 6.07) is 52.5. The van der Waals surface area contributed by atoms with E-state index in [-0.39, 0.29) is 32.5 Å². The number of benzene rings is 7. The van der Waals surface area contributed by atoms with E-state index in [1.807, 2.05) is 0 Å². The summed E-state index contributed by atoms with van der Waals surface area (Å²) in [5.74, 6) is 0. The SMILES string of the molecule is Cc1ccc(N(c2ccc(C(C)(C)C)cc2)c2cc(-c3ccc4c(c3)C(C)(C)c3cc(C(C)(C)C)ccc3-4)c(C(C)(C)C)c(-c3ccc4c(c3)C(C)(C)c3cc(C(C)(C)C)ccc3-4)c2)cc1. The molecule has 0 radical (unpaired) electrons. The minimum absolute atomic E-state index is 0.0482. The summed E-state index contributed by atoms with van der Waals surface area (Å²) in [7, 11) is 0. The Balaban J connectivity index is 1.32. The van der Waals surface area contributed by atoms with Gasteiger partial charge in [-0.25, -0.2) is 0 Å². The van der Waals surface area contributed by atoms with E-state index in [1.54, 1.807) is 0 Å². The highest BCUT2D eigenvalue weighted by molar-refractivity contribution is 5.92. The van der Waals surface area contributed by atoms with Crippen LogP contribution in [0.4, 0.5) is 17.1 Å². The molecular formula is C65H73N. The molecule has 338 valence electrons. The molecule has 0 heterocycles. The first-order valence-corrected chi connectivity index (χ1v) is 24.4. The summed E-state index contributed by atoms with van der Waals surface area (Å²) in [6.45, 7) is 39.9. The molecule has 7 aromatic carbocycles. The largest absolute Gasteiger partial charge is 0.310 e. The monoisotopic (exact) mass is 868 g/mol. The summed E-state index contributed by atoms with van der Waals surface area (Å²) in [5, 5.41) is 0. The number of nitrogens with zero attached hydrogens (tertiary/aromatic N) is 1. The molecular weight excluding hydrogens is 795 g/mol. The third-order valence-corrected chi connectivity index (χ3v) is 15.1. The lowest BCUT2D eigenvalue weighted by Crippen LogP contribution is -2.19. The van der Waals surface area contributed by atoms with E-state index in [9.17, 15) is 0 Å². The van der Waals surface area contributed by atoms with E-state index in [0.29, 0.717) is 0 Å². The molecule has 0 bridgehead atoms. The standard InChI is InChI=1S/C65H73N/c1-40-18-26-46(27-19-40)66(47-28-22-43(23-29-47)60(2,3)4)48-38-53(41-20-30-49-51-32-24-44(61(5,6)7)36-57(51)64(14,15)55(49)34-41)59(63(11,12)13)54(39-48)42-21-31-50-52-33-25-45(62(8,9)10)37-58(52)65(16,17)56(50)35-42/h18-39H,1-17H3. The van der Waals surface area contributed by atoms with Gasteiger partial charge in [0, 0.05) is 27.9 Å². The van der Waals surface area contributed by atoms with Crippen LogP contribution in [0.1, 0.15) is 161 Å². The first-order chi connectivity index (χ1) is 30.7. The molecule has 0 amide bonds. The fourth-order valence-corrected chi connectivity index (χ4v) is 11.0. The molecule has 0 unspecified atom stereocenters. The number of aryl methyl sites for hydroxylation is 1. The van der Waals surface area contributed by atoms with Crippen LogP contribution in [0.15, 0.2) is 133 Å². The van der Waals surface area contributed by atoms with Crippen molar-refractivity contribution in [3.05, 3.63) is 184 Å². The molecule has 0 atom stereocenters. The lowest BCUT2D eigenvalue weighted by Gasteiger charge is -2.33. The van der Waals surface area contributed by atoms with E-state index < -0.39 is 0 Å². The molecule has 0 aromatic heterocycles. The maximum Gasteiger partial charge on any atom is 0.0474 e. The Bertz CT molecular complexity index is 2880. The van der Waals surface area contributed by atoms with Crippen LogP contribution < -0.4 is 4.90 Å². The Morgan fingerprint density at radius 3 is 1.02 bits per heavy atom. The van der Waals surface area contributed by atoms with Crippen LogP contribution in [-0.4, -0.2) is 0 Å². The second kappa shape index (κ2) is 15.2. The molecule has 2 aliphatic rings. The molecule has 0 N–H and O–H groups in total. The summed E-state index contributed by atoms with van der Waals surface area (Å²) in [5.41, 5.74) is 26.0. The number of rotatable bonds is 5. The number of hydrogen-bond acceptors (Lipinski definition) is 1. The van der Waals surface area contributed by atoms with Crippen molar-refractivity contribution in [1.82, 2.24) is 0 Å². The Morgan fingerprint density at radius 2 is 0.652 bits per heavy atom. The third kappa shape index (κ3) is 7.65. The van der Waals surface area contributed by atoms with E-state index in [1.165, 1.54) is 94.6 Å². The van der Waals surface area contributed by atoms with Crippen LogP contribution in [0, 0.1) is 6.92 Å². The van der Waals surface area contributed by atoms with E-state index >= 15 is 0 Å². The van der Waals surface area contributed by atoms with Crippen LogP contribution in [0.2, 0.25) is 0 Å². The molecule has 0 saturated heterocycles. The van der Waals surface area contributed by atoms with Crippen LogP contribution in [0.3, 0.4) is 0 Å². The Morgan fingerprint density at radius 1 is 0.318 bits per heavy atom. The smallest absolute Gasteiger partial charge is 0.0474 e. The third-order valence-electron chi connectivity index (χ3n) is 15.1. The summed E-state index contributed by atoms with van der Waals surface area (Å²) in [6.07, 6.45) is 0. The van der Waals surface area contributed by atoms with Gasteiger partial charge in [-0.2, -0.15) is 0 Å². The van der Waals surface area contributed by atoms with Gasteiger partial charge in [0.25, 0.3) is 0 Å². The highest BCUT2D eigenvalue weighted by Gasteiger charge is 2.39. The minimum Gasteiger partial charge on any atom is -0.310 e. The van der Waals surface area contributed by atoms with Gasteiger partial charge in [-0.05, 0) is 166 Å². The van der Waals surface area contributed by atoms with Gasteiger partial charge in [0.2, 0.25) is 0 Å². The van der Waals surface area contributed by atoms with Gasteiger partial charge < -0.3 is 4.90 Å². The first kappa shape index (κ1) is 45.5. The van der Waals surface area contributed by atoms with Crippen LogP contribution in [-0.2, 0) is 32.5 Å². The average Bonchev–Trinajstić information content (AvgIpc) is 3.61. The van der Waals surface area contributed by atoms with Crippen LogP contribution in [0.5, 0.6) is 0 Å². The second-order valence-electron chi connectivity index (χ2n) is 24.9. The highest BCUT2D eigenvalue weighted by Crippen LogP contribution is 2.55. The molecule has 9 rings (SSSR count). The van der Waals surface area contributed by atoms with Crippen molar-refractivity contribution in [2.75, 3.05) is 4.90 Å².